The van der Waals surface area contributed by atoms with E-state index in [2.05, 4.69) is 43.9 Å². The number of hydrogen-bond donors (Lipinski definition) is 3. The largest absolute Gasteiger partial charge is 0.481 e. The van der Waals surface area contributed by atoms with Gasteiger partial charge >= 0.3 is 24.1 Å². The van der Waals surface area contributed by atoms with Crippen LogP contribution in [0.15, 0.2) is 41.0 Å². The first-order valence-electron chi connectivity index (χ1n) is 14.1. The number of ether oxygens (including phenoxy) is 2. The van der Waals surface area contributed by atoms with Crippen LogP contribution in [0.3, 0.4) is 0 Å². The first kappa shape index (κ1) is 59.4. The molecule has 0 aromatic heterocycles. The van der Waals surface area contributed by atoms with Crippen LogP contribution in [-0.4, -0.2) is 113 Å². The summed E-state index contributed by atoms with van der Waals surface area (Å²) in [7, 11) is 2.32. The van der Waals surface area contributed by atoms with Crippen molar-refractivity contribution < 1.29 is 67.4 Å². The molecule has 20 nitrogen and oxygen atoms in total. The van der Waals surface area contributed by atoms with Gasteiger partial charge in [-0.2, -0.15) is 4.90 Å². The Kier molecular flexibility index (Phi) is 39.0. The lowest BCUT2D eigenvalue weighted by molar-refractivity contribution is -0.144. The number of rotatable bonds is 11. The molecule has 0 radical (unpaired) electrons. The van der Waals surface area contributed by atoms with Crippen LogP contribution < -0.4 is 11.5 Å². The van der Waals surface area contributed by atoms with Gasteiger partial charge in [0.15, 0.2) is 0 Å². The molecule has 0 unspecified atom stereocenters. The minimum absolute atomic E-state index is 0. The van der Waals surface area contributed by atoms with Gasteiger partial charge in [0.1, 0.15) is 0 Å². The van der Waals surface area contributed by atoms with Crippen LogP contribution in [0, 0.1) is 0 Å². The molecule has 0 aromatic rings. The van der Waals surface area contributed by atoms with Crippen molar-refractivity contribution >= 4 is 72.0 Å². The van der Waals surface area contributed by atoms with Gasteiger partial charge in [-0.15, -0.1) is 0 Å². The van der Waals surface area contributed by atoms with E-state index in [-0.39, 0.29) is 79.3 Å². The van der Waals surface area contributed by atoms with Gasteiger partial charge in [-0.1, -0.05) is 43.1 Å². The van der Waals surface area contributed by atoms with E-state index in [1.807, 2.05) is 0 Å². The molecule has 3 aliphatic rings. The molecule has 0 atom stereocenters. The van der Waals surface area contributed by atoms with E-state index in [1.165, 1.54) is 44.3 Å². The lowest BCUT2D eigenvalue weighted by Crippen LogP contribution is -2.35. The van der Waals surface area contributed by atoms with E-state index in [0.29, 0.717) is 17.7 Å². The van der Waals surface area contributed by atoms with Gasteiger partial charge in [-0.25, -0.2) is 14.4 Å². The molecule has 0 aromatic carbocycles. The average molecular weight is 779 g/mol. The Morgan fingerprint density at radius 2 is 1.06 bits per heavy atom. The lowest BCUT2D eigenvalue weighted by Gasteiger charge is -2.12. The Hall–Kier alpha value is -5.70. The smallest absolute Gasteiger partial charge is 0.423 e. The van der Waals surface area contributed by atoms with Crippen LogP contribution in [0.25, 0.3) is 0 Å². The summed E-state index contributed by atoms with van der Waals surface area (Å²) in [5.41, 5.74) is 9.57. The van der Waals surface area contributed by atoms with Gasteiger partial charge in [0.05, 0.1) is 26.6 Å². The molecule has 0 saturated heterocycles. The van der Waals surface area contributed by atoms with Gasteiger partial charge < -0.3 is 30.9 Å². The summed E-state index contributed by atoms with van der Waals surface area (Å²) in [4.78, 5) is 113. The highest BCUT2D eigenvalue weighted by Gasteiger charge is 2.30. The van der Waals surface area contributed by atoms with Crippen molar-refractivity contribution in [1.82, 2.24) is 14.7 Å². The summed E-state index contributed by atoms with van der Waals surface area (Å²) in [5, 5.41) is 8.32. The van der Waals surface area contributed by atoms with Crippen LogP contribution in [0.1, 0.15) is 75.2 Å². The Balaban J connectivity index is -0.000000135. The molecule has 0 saturated carbocycles. The maximum Gasteiger partial charge on any atom is 0.423 e. The second-order valence-corrected chi connectivity index (χ2v) is 9.09. The zero-order valence-corrected chi connectivity index (χ0v) is 27.8. The molecule has 3 aliphatic heterocycles. The topological polar surface area (TPSA) is 293 Å². The van der Waals surface area contributed by atoms with Crippen molar-refractivity contribution in [1.29, 1.82) is 0 Å². The zero-order valence-electron chi connectivity index (χ0n) is 26.9. The van der Waals surface area contributed by atoms with Crippen LogP contribution in [0.2, 0.25) is 0 Å². The van der Waals surface area contributed by atoms with Crippen molar-refractivity contribution in [3.8, 4) is 0 Å². The van der Waals surface area contributed by atoms with E-state index in [1.54, 1.807) is 0 Å². The number of unbranched alkanes of at least 4 members (excludes halogenated alkanes) is 1. The van der Waals surface area contributed by atoms with E-state index in [0.717, 1.165) is 35.6 Å². The SMILES string of the molecule is C.C.C.C.CCCCN.COC(=O)N1C(=O)C=CC1=O.COC(N)=O.O=C(CCCN1C(=O)C=CC1=O)ON=S.O=C(O)CCCN1C(=O)C=CC1=O. The number of methoxy groups -OCH3 is 2. The lowest BCUT2D eigenvalue weighted by atomic mass is 10.3. The quantitative estimate of drug-likeness (QED) is 0.200. The fourth-order valence-corrected chi connectivity index (χ4v) is 3.12. The number of carbonyl (C=O) groups is 10. The predicted octanol–water partition coefficient (Wildman–Crippen LogP) is 2.34. The van der Waals surface area contributed by atoms with Gasteiger partial charge in [-0.05, 0) is 30.3 Å². The van der Waals surface area contributed by atoms with Crippen LogP contribution in [-0.2, 0) is 65.1 Å². The molecule has 3 heterocycles. The van der Waals surface area contributed by atoms with Crippen molar-refractivity contribution in [3.05, 3.63) is 36.5 Å². The van der Waals surface area contributed by atoms with Gasteiger partial charge in [0.2, 0.25) is 0 Å². The van der Waals surface area contributed by atoms with Crippen molar-refractivity contribution in [3.63, 3.8) is 0 Å². The molecule has 5 N–H and O–H groups in total. The number of imide groups is 5. The van der Waals surface area contributed by atoms with E-state index in [9.17, 15) is 47.9 Å². The highest BCUT2D eigenvalue weighted by Crippen LogP contribution is 2.07. The second-order valence-electron chi connectivity index (χ2n) is 8.94. The number of hydrogen-bond acceptors (Lipinski definition) is 16. The molecular formula is C32H54N6O14S. The van der Waals surface area contributed by atoms with E-state index in [4.69, 9.17) is 10.8 Å². The maximum absolute atomic E-state index is 11.1. The third-order valence-electron chi connectivity index (χ3n) is 5.40. The van der Waals surface area contributed by atoms with Crippen molar-refractivity contribution in [2.45, 2.75) is 75.2 Å². The highest BCUT2D eigenvalue weighted by molar-refractivity contribution is 7.47. The number of carboxylic acid groups (broad SMARTS) is 1. The Labute approximate surface area is 315 Å². The van der Waals surface area contributed by atoms with Crippen LogP contribution in [0.4, 0.5) is 9.59 Å². The monoisotopic (exact) mass is 778 g/mol. The molecule has 0 fully saturated rings. The fraction of sp³-hybridized carbons (Fsp3) is 0.500. The molecule has 21 heteroatoms. The fourth-order valence-electron chi connectivity index (χ4n) is 3.04. The van der Waals surface area contributed by atoms with Gasteiger partial charge in [0, 0.05) is 62.4 Å². The minimum Gasteiger partial charge on any atom is -0.481 e. The number of carbonyl (C=O) groups excluding carboxylic acids is 9. The summed E-state index contributed by atoms with van der Waals surface area (Å²) in [6, 6.07) is 0. The standard InChI is InChI=1S/C8H8N2O4S.C8H9NO4.C6H5NO4.C4H11N.C2H5NO2.4CH4/c11-6-3-4-7(12)10(6)5-1-2-8(13)14-9-15;10-6-3-4-7(11)9(6)5-1-2-8(12)13;1-11-6(10)7-4(8)2-3-5(7)9;1-2-3-4-5;1-5-2(3)4;;;;/h3-4H,1-2,5H2;3-4H,1-2,5H2,(H,12,13);2-3H,1H3;2-5H2,1H3;1H3,(H2,3,4);4*1H4. The molecular weight excluding hydrogens is 724 g/mol. The van der Waals surface area contributed by atoms with E-state index < -0.39 is 35.9 Å². The molecule has 302 valence electrons. The number of amides is 8. The molecule has 0 spiro atoms. The number of nitrogens with zero attached hydrogens (tertiary/aromatic N) is 4. The third-order valence-corrected chi connectivity index (χ3v) is 5.48. The van der Waals surface area contributed by atoms with Crippen LogP contribution in [0.5, 0.6) is 0 Å². The number of primary amides is 1. The van der Waals surface area contributed by atoms with Crippen molar-refractivity contribution in [2.75, 3.05) is 33.9 Å². The van der Waals surface area contributed by atoms with Gasteiger partial charge in [-0.3, -0.25) is 43.4 Å². The summed E-state index contributed by atoms with van der Waals surface area (Å²) < 4.78 is 10.9. The molecule has 3 rings (SSSR count). The third kappa shape index (κ3) is 26.7. The number of nitrogens with two attached hydrogens (primary N) is 2. The minimum atomic E-state index is -0.954. The highest BCUT2D eigenvalue weighted by atomic mass is 32.1. The van der Waals surface area contributed by atoms with Gasteiger partial charge in [0.25, 0.3) is 35.4 Å². The molecule has 0 bridgehead atoms. The first-order chi connectivity index (χ1) is 23.1. The number of aliphatic carboxylic acids is 1. The van der Waals surface area contributed by atoms with Crippen LogP contribution >= 0.6 is 0 Å². The van der Waals surface area contributed by atoms with E-state index >= 15 is 0 Å². The molecule has 0 aliphatic carbocycles. The average Bonchev–Trinajstić information content (AvgIpc) is 3.68. The molecule has 53 heavy (non-hydrogen) atoms. The first-order valence-corrected chi connectivity index (χ1v) is 14.5. The summed E-state index contributed by atoms with van der Waals surface area (Å²) in [6.07, 6.45) is 8.14. The van der Waals surface area contributed by atoms with Crippen molar-refractivity contribution in [2.24, 2.45) is 16.0 Å². The second kappa shape index (κ2) is 34.7. The normalized spacial score (nSPS) is 12.6. The zero-order chi connectivity index (χ0) is 37.9. The summed E-state index contributed by atoms with van der Waals surface area (Å²) >= 11 is 4.08. The predicted molar refractivity (Wildman–Crippen MR) is 195 cm³/mol. The Morgan fingerprint density at radius 3 is 1.32 bits per heavy atom. The maximum atomic E-state index is 11.1. The summed E-state index contributed by atoms with van der Waals surface area (Å²) in [5.74, 6) is -4.28. The Bertz CT molecular complexity index is 1280. The Morgan fingerprint density at radius 1 is 0.698 bits per heavy atom. The molecule has 8 amide bonds. The summed E-state index contributed by atoms with van der Waals surface area (Å²) in [6.45, 7) is 3.34. The number of carboxylic acids is 1.